The highest BCUT2D eigenvalue weighted by Gasteiger charge is 2.36. The smallest absolute Gasteiger partial charge is 0.239 e. The Morgan fingerprint density at radius 3 is 2.57 bits per heavy atom. The number of anilines is 1. The molecule has 2 aromatic rings. The normalized spacial score (nSPS) is 11.1. The molecular formula is C17H19BrN2O3. The number of nitrogens with one attached hydrogen (secondary N) is 2. The van der Waals surface area contributed by atoms with Crippen LogP contribution in [0.4, 0.5) is 5.69 Å². The third kappa shape index (κ3) is 4.22. The molecule has 0 radical (unpaired) electrons. The first kappa shape index (κ1) is 17.3. The van der Waals surface area contributed by atoms with Crippen molar-refractivity contribution in [2.75, 3.05) is 5.32 Å². The van der Waals surface area contributed by atoms with E-state index in [2.05, 4.69) is 26.6 Å². The van der Waals surface area contributed by atoms with Gasteiger partial charge in [0.1, 0.15) is 11.2 Å². The molecule has 0 aliphatic carbocycles. The van der Waals surface area contributed by atoms with Gasteiger partial charge in [0.05, 0.1) is 12.8 Å². The van der Waals surface area contributed by atoms with Crippen LogP contribution in [0.25, 0.3) is 0 Å². The summed E-state index contributed by atoms with van der Waals surface area (Å²) in [5.74, 6) is -0.0839. The maximum atomic E-state index is 12.5. The highest BCUT2D eigenvalue weighted by atomic mass is 79.9. The van der Waals surface area contributed by atoms with Crippen molar-refractivity contribution in [3.63, 3.8) is 0 Å². The van der Waals surface area contributed by atoms with E-state index < -0.39 is 5.41 Å². The number of benzene rings is 1. The molecule has 0 unspecified atom stereocenters. The first-order valence-electron chi connectivity index (χ1n) is 7.19. The van der Waals surface area contributed by atoms with Gasteiger partial charge in [-0.1, -0.05) is 15.9 Å². The van der Waals surface area contributed by atoms with Gasteiger partial charge in [0.15, 0.2) is 0 Å². The fourth-order valence-electron chi connectivity index (χ4n) is 1.95. The lowest BCUT2D eigenvalue weighted by atomic mass is 9.90. The summed E-state index contributed by atoms with van der Waals surface area (Å²) in [5, 5.41) is 5.52. The minimum atomic E-state index is -1.20. The van der Waals surface area contributed by atoms with Crippen molar-refractivity contribution < 1.29 is 14.0 Å². The summed E-state index contributed by atoms with van der Waals surface area (Å²) in [5.41, 5.74) is 0.399. The summed E-state index contributed by atoms with van der Waals surface area (Å²) in [4.78, 5) is 24.8. The second-order valence-corrected chi connectivity index (χ2v) is 6.72. The van der Waals surface area contributed by atoms with Gasteiger partial charge in [-0.25, -0.2) is 0 Å². The molecule has 122 valence electrons. The third-order valence-electron chi connectivity index (χ3n) is 3.58. The lowest BCUT2D eigenvalue weighted by Crippen LogP contribution is -2.44. The van der Waals surface area contributed by atoms with Crippen molar-refractivity contribution in [1.29, 1.82) is 0 Å². The minimum Gasteiger partial charge on any atom is -0.467 e. The molecule has 1 aromatic heterocycles. The van der Waals surface area contributed by atoms with Gasteiger partial charge >= 0.3 is 0 Å². The van der Waals surface area contributed by atoms with Crippen molar-refractivity contribution in [3.05, 3.63) is 52.4 Å². The molecule has 0 saturated heterocycles. The number of carbonyl (C=O) groups excluding carboxylic acids is 2. The zero-order valence-corrected chi connectivity index (χ0v) is 14.9. The predicted octanol–water partition coefficient (Wildman–Crippen LogP) is 3.63. The lowest BCUT2D eigenvalue weighted by Gasteiger charge is -2.23. The maximum absolute atomic E-state index is 12.5. The molecule has 0 aliphatic rings. The molecule has 1 aromatic carbocycles. The summed E-state index contributed by atoms with van der Waals surface area (Å²) in [6.07, 6.45) is 1.54. The second-order valence-electron chi connectivity index (χ2n) is 5.80. The first-order chi connectivity index (χ1) is 10.8. The fourth-order valence-corrected chi connectivity index (χ4v) is 2.43. The van der Waals surface area contributed by atoms with Gasteiger partial charge in [0, 0.05) is 10.2 Å². The molecule has 0 spiro atoms. The van der Waals surface area contributed by atoms with Crippen molar-refractivity contribution >= 4 is 33.4 Å². The van der Waals surface area contributed by atoms with Crippen molar-refractivity contribution in [2.24, 2.45) is 5.41 Å². The molecule has 0 aliphatic heterocycles. The number of halogens is 1. The van der Waals surface area contributed by atoms with Crippen LogP contribution in [0.2, 0.25) is 0 Å². The third-order valence-corrected chi connectivity index (χ3v) is 4.07. The molecule has 2 rings (SSSR count). The highest BCUT2D eigenvalue weighted by Crippen LogP contribution is 2.23. The van der Waals surface area contributed by atoms with Gasteiger partial charge in [-0.2, -0.15) is 0 Å². The minimum absolute atomic E-state index is 0.250. The molecule has 0 saturated carbocycles. The Kier molecular flexibility index (Phi) is 5.26. The summed E-state index contributed by atoms with van der Waals surface area (Å²) in [6, 6.07) is 9.05. The molecule has 0 fully saturated rings. The van der Waals surface area contributed by atoms with Crippen molar-refractivity contribution in [1.82, 2.24) is 5.32 Å². The van der Waals surface area contributed by atoms with E-state index in [4.69, 9.17) is 4.42 Å². The topological polar surface area (TPSA) is 71.3 Å². The van der Waals surface area contributed by atoms with Gasteiger partial charge in [-0.15, -0.1) is 0 Å². The van der Waals surface area contributed by atoms with E-state index in [0.717, 1.165) is 10.0 Å². The summed E-state index contributed by atoms with van der Waals surface area (Å²) < 4.78 is 6.09. The fraction of sp³-hybridized carbons (Fsp3) is 0.294. The SMILES string of the molecule is Cc1cc(Br)ccc1NC(=O)C(C)(C)C(=O)NCc1ccco1. The van der Waals surface area contributed by atoms with Crippen LogP contribution in [0.3, 0.4) is 0 Å². The molecule has 23 heavy (non-hydrogen) atoms. The predicted molar refractivity (Wildman–Crippen MR) is 91.8 cm³/mol. The van der Waals surface area contributed by atoms with Crippen LogP contribution >= 0.6 is 15.9 Å². The Bertz CT molecular complexity index is 709. The maximum Gasteiger partial charge on any atom is 0.239 e. The van der Waals surface area contributed by atoms with Crippen LogP contribution in [-0.4, -0.2) is 11.8 Å². The molecule has 6 heteroatoms. The number of hydrogen-bond acceptors (Lipinski definition) is 3. The number of carbonyl (C=O) groups is 2. The van der Waals surface area contributed by atoms with Crippen LogP contribution in [0, 0.1) is 12.3 Å². The van der Waals surface area contributed by atoms with E-state index in [-0.39, 0.29) is 18.4 Å². The van der Waals surface area contributed by atoms with Crippen LogP contribution in [0.15, 0.2) is 45.5 Å². The van der Waals surface area contributed by atoms with Crippen LogP contribution in [0.5, 0.6) is 0 Å². The average molecular weight is 379 g/mol. The Balaban J connectivity index is 2.02. The van der Waals surface area contributed by atoms with Gasteiger partial charge in [-0.05, 0) is 56.7 Å². The van der Waals surface area contributed by atoms with E-state index in [1.807, 2.05) is 19.1 Å². The van der Waals surface area contributed by atoms with Crippen LogP contribution < -0.4 is 10.6 Å². The monoisotopic (exact) mass is 378 g/mol. The Morgan fingerprint density at radius 2 is 1.96 bits per heavy atom. The van der Waals surface area contributed by atoms with E-state index >= 15 is 0 Å². The second kappa shape index (κ2) is 7.00. The van der Waals surface area contributed by atoms with Gasteiger partial charge in [-0.3, -0.25) is 9.59 Å². The highest BCUT2D eigenvalue weighted by molar-refractivity contribution is 9.10. The van der Waals surface area contributed by atoms with Crippen molar-refractivity contribution in [3.8, 4) is 0 Å². The summed E-state index contributed by atoms with van der Waals surface area (Å²) in [7, 11) is 0. The Hall–Kier alpha value is -2.08. The summed E-state index contributed by atoms with van der Waals surface area (Å²) >= 11 is 3.38. The number of aryl methyl sites for hydroxylation is 1. The zero-order chi connectivity index (χ0) is 17.0. The quantitative estimate of drug-likeness (QED) is 0.780. The largest absolute Gasteiger partial charge is 0.467 e. The standard InChI is InChI=1S/C17H19BrN2O3/c1-11-9-12(18)6-7-14(11)20-16(22)17(2,3)15(21)19-10-13-5-4-8-23-13/h4-9H,10H2,1-3H3,(H,19,21)(H,20,22). The molecule has 2 amide bonds. The van der Waals surface area contributed by atoms with E-state index in [1.165, 1.54) is 6.26 Å². The molecule has 1 heterocycles. The Morgan fingerprint density at radius 1 is 1.22 bits per heavy atom. The molecular weight excluding hydrogens is 360 g/mol. The molecule has 0 bridgehead atoms. The van der Waals surface area contributed by atoms with Gasteiger partial charge in [0.25, 0.3) is 0 Å². The number of furan rings is 1. The summed E-state index contributed by atoms with van der Waals surface area (Å²) in [6.45, 7) is 5.33. The number of hydrogen-bond donors (Lipinski definition) is 2. The zero-order valence-electron chi connectivity index (χ0n) is 13.3. The molecule has 0 atom stereocenters. The van der Waals surface area contributed by atoms with Gasteiger partial charge in [0.2, 0.25) is 11.8 Å². The molecule has 5 nitrogen and oxygen atoms in total. The lowest BCUT2D eigenvalue weighted by molar-refractivity contribution is -0.138. The van der Waals surface area contributed by atoms with E-state index in [1.54, 1.807) is 32.0 Å². The number of rotatable bonds is 5. The van der Waals surface area contributed by atoms with E-state index in [9.17, 15) is 9.59 Å². The average Bonchev–Trinajstić information content (AvgIpc) is 3.00. The number of amides is 2. The van der Waals surface area contributed by atoms with Gasteiger partial charge < -0.3 is 15.1 Å². The van der Waals surface area contributed by atoms with Crippen LogP contribution in [-0.2, 0) is 16.1 Å². The van der Waals surface area contributed by atoms with Crippen molar-refractivity contribution in [2.45, 2.75) is 27.3 Å². The first-order valence-corrected chi connectivity index (χ1v) is 7.98. The molecule has 2 N–H and O–H groups in total. The Labute approximate surface area is 143 Å². The van der Waals surface area contributed by atoms with E-state index in [0.29, 0.717) is 11.4 Å². The van der Waals surface area contributed by atoms with Crippen LogP contribution in [0.1, 0.15) is 25.2 Å².